The van der Waals surface area contributed by atoms with Crippen LogP contribution in [0.1, 0.15) is 67.8 Å². The maximum Gasteiger partial charge on any atom is 0.239 e. The summed E-state index contributed by atoms with van der Waals surface area (Å²) in [4.78, 5) is 0. The molecule has 0 radical (unpaired) electrons. The van der Waals surface area contributed by atoms with Crippen molar-refractivity contribution in [1.29, 1.82) is 0 Å². The minimum atomic E-state index is -3.19. The van der Waals surface area contributed by atoms with Crippen LogP contribution >= 0.6 is 0 Å². The van der Waals surface area contributed by atoms with Gasteiger partial charge in [0.05, 0.1) is 5.69 Å². The second-order valence-electron chi connectivity index (χ2n) is 7.97. The third-order valence-corrected chi connectivity index (χ3v) is 5.79. The van der Waals surface area contributed by atoms with E-state index in [2.05, 4.69) is 0 Å². The molecule has 0 aliphatic carbocycles. The Morgan fingerprint density at radius 1 is 0.926 bits per heavy atom. The summed E-state index contributed by atoms with van der Waals surface area (Å²) in [7, 11) is 1.74. The van der Waals surface area contributed by atoms with Gasteiger partial charge in [-0.3, -0.25) is 0 Å². The molecule has 1 aromatic heterocycles. The molecule has 0 N–H and O–H groups in total. The molecule has 0 fully saturated rings. The highest BCUT2D eigenvalue weighted by Gasteiger charge is 2.50. The van der Waals surface area contributed by atoms with Gasteiger partial charge in [-0.2, -0.15) is 0 Å². The van der Waals surface area contributed by atoms with E-state index in [1.807, 2.05) is 45.0 Å². The minimum Gasteiger partial charge on any atom is -0.124 e. The molecule has 2 aromatic carbocycles. The van der Waals surface area contributed by atoms with Gasteiger partial charge in [-0.25, -0.2) is 0 Å². The van der Waals surface area contributed by atoms with Crippen LogP contribution in [0.4, 0.5) is 0 Å². The Labute approximate surface area is 176 Å². The van der Waals surface area contributed by atoms with Crippen LogP contribution in [0.2, 0.25) is 0 Å². The van der Waals surface area contributed by atoms with Gasteiger partial charge in [-0.15, -0.1) is 9.36 Å². The summed E-state index contributed by atoms with van der Waals surface area (Å²) in [5.41, 5.74) is -0.272. The van der Waals surface area contributed by atoms with Gasteiger partial charge in [0, 0.05) is 34.8 Å². The minimum absolute atomic E-state index is 0.0559. The molecule has 2 heteroatoms. The predicted octanol–water partition coefficient (Wildman–Crippen LogP) is 5.46. The number of aryl methyl sites for hydroxylation is 3. The maximum atomic E-state index is 8.64. The van der Waals surface area contributed by atoms with Crippen LogP contribution in [-0.4, -0.2) is 4.68 Å². The quantitative estimate of drug-likeness (QED) is 0.504. The Morgan fingerprint density at radius 2 is 1.59 bits per heavy atom. The van der Waals surface area contributed by atoms with Crippen molar-refractivity contribution in [1.82, 2.24) is 4.68 Å². The zero-order chi connectivity index (χ0) is 27.2. The van der Waals surface area contributed by atoms with Crippen molar-refractivity contribution in [2.45, 2.75) is 59.1 Å². The van der Waals surface area contributed by atoms with Crippen LogP contribution in [-0.2, 0) is 17.9 Å². The normalized spacial score (nSPS) is 26.6. The Balaban J connectivity index is 2.32. The SMILES string of the molecule is [2H]C([2H])([2H])C1(C)c2cccc(C)c2-n2c(cc(-c3cc(C)cc(C)c3)[n+]2C)C1(C([2H])([2H])[2H])C([2H])([2H])[2H]. The van der Waals surface area contributed by atoms with Gasteiger partial charge in [0.2, 0.25) is 5.69 Å². The Morgan fingerprint density at radius 3 is 2.22 bits per heavy atom. The van der Waals surface area contributed by atoms with Gasteiger partial charge in [0.25, 0.3) is 0 Å². The van der Waals surface area contributed by atoms with Gasteiger partial charge in [-0.1, -0.05) is 62.9 Å². The van der Waals surface area contributed by atoms with Crippen molar-refractivity contribution in [2.75, 3.05) is 0 Å². The molecule has 1 atom stereocenters. The van der Waals surface area contributed by atoms with Crippen molar-refractivity contribution in [2.24, 2.45) is 7.05 Å². The summed E-state index contributed by atoms with van der Waals surface area (Å²) in [6, 6.07) is 12.5. The Hall–Kier alpha value is -2.35. The highest BCUT2D eigenvalue weighted by atomic mass is 15.4. The molecule has 0 spiro atoms. The van der Waals surface area contributed by atoms with Crippen molar-refractivity contribution in [3.05, 3.63) is 70.4 Å². The average molecular weight is 369 g/mol. The summed E-state index contributed by atoms with van der Waals surface area (Å²) in [5.74, 6) is 0. The molecule has 1 aliphatic heterocycles. The van der Waals surface area contributed by atoms with E-state index < -0.39 is 31.4 Å². The number of aromatic nitrogens is 2. The summed E-state index contributed by atoms with van der Waals surface area (Å²) < 4.78 is 80.9. The topological polar surface area (TPSA) is 8.81 Å². The molecule has 2 nitrogen and oxygen atoms in total. The van der Waals surface area contributed by atoms with Crippen LogP contribution in [0.25, 0.3) is 16.9 Å². The molecular formula is C25H31N2+. The monoisotopic (exact) mass is 368 g/mol. The number of hydrogen-bond donors (Lipinski definition) is 0. The zero-order valence-electron chi connectivity index (χ0n) is 25.4. The van der Waals surface area contributed by atoms with E-state index in [1.165, 1.54) is 6.92 Å². The van der Waals surface area contributed by atoms with Crippen molar-refractivity contribution in [3.8, 4) is 16.9 Å². The first-order valence-corrected chi connectivity index (χ1v) is 9.12. The van der Waals surface area contributed by atoms with Gasteiger partial charge < -0.3 is 0 Å². The fourth-order valence-electron chi connectivity index (χ4n) is 4.29. The molecule has 3 aromatic rings. The second kappa shape index (κ2) is 5.58. The standard InChI is InChI=1S/C25H31N2/c1-16-12-17(2)14-19(13-16)21-15-22-25(6,7)24(4,5)20-11-9-10-18(3)23(20)27(22)26(21)8/h9-15H,1-8H3/q+1/i4D3,6D3,7D3. The molecule has 0 bridgehead atoms. The molecule has 1 aliphatic rings. The van der Waals surface area contributed by atoms with E-state index in [4.69, 9.17) is 12.3 Å². The van der Waals surface area contributed by atoms with Crippen LogP contribution in [0.15, 0.2) is 42.5 Å². The zero-order valence-corrected chi connectivity index (χ0v) is 16.4. The van der Waals surface area contributed by atoms with Crippen LogP contribution < -0.4 is 4.68 Å². The summed E-state index contributed by atoms with van der Waals surface area (Å²) >= 11 is 0. The highest BCUT2D eigenvalue weighted by molar-refractivity contribution is 5.63. The van der Waals surface area contributed by atoms with Crippen molar-refractivity contribution >= 4 is 0 Å². The highest BCUT2D eigenvalue weighted by Crippen LogP contribution is 2.50. The number of nitrogens with zero attached hydrogens (tertiary/aromatic N) is 2. The smallest absolute Gasteiger partial charge is 0.124 e. The lowest BCUT2D eigenvalue weighted by atomic mass is 9.60. The van der Waals surface area contributed by atoms with E-state index in [0.29, 0.717) is 16.9 Å². The number of hydrogen-bond acceptors (Lipinski definition) is 0. The largest absolute Gasteiger partial charge is 0.239 e. The molecule has 0 saturated carbocycles. The maximum absolute atomic E-state index is 8.64. The van der Waals surface area contributed by atoms with Crippen molar-refractivity contribution < 1.29 is 17.0 Å². The van der Waals surface area contributed by atoms with Crippen LogP contribution in [0.5, 0.6) is 0 Å². The van der Waals surface area contributed by atoms with Gasteiger partial charge in [-0.05, 0) is 44.0 Å². The molecule has 2 heterocycles. The first-order chi connectivity index (χ1) is 16.3. The third kappa shape index (κ3) is 2.35. The second-order valence-corrected chi connectivity index (χ2v) is 7.97. The fraction of sp³-hybridized carbons (Fsp3) is 0.400. The molecular weight excluding hydrogens is 328 g/mol. The summed E-state index contributed by atoms with van der Waals surface area (Å²) in [5, 5.41) is 0. The van der Waals surface area contributed by atoms with Crippen LogP contribution in [0.3, 0.4) is 0 Å². The van der Waals surface area contributed by atoms with Gasteiger partial charge >= 0.3 is 0 Å². The predicted molar refractivity (Wildman–Crippen MR) is 113 cm³/mol. The van der Waals surface area contributed by atoms with Gasteiger partial charge in [0.15, 0.2) is 7.05 Å². The Bertz CT molecular complexity index is 1330. The average Bonchev–Trinajstić information content (AvgIpc) is 3.01. The van der Waals surface area contributed by atoms with E-state index in [1.54, 1.807) is 34.6 Å². The molecule has 140 valence electrons. The molecule has 27 heavy (non-hydrogen) atoms. The number of benzene rings is 2. The lowest BCUT2D eigenvalue weighted by molar-refractivity contribution is -0.735. The third-order valence-electron chi connectivity index (χ3n) is 5.79. The van der Waals surface area contributed by atoms with E-state index in [0.717, 1.165) is 16.7 Å². The fourth-order valence-corrected chi connectivity index (χ4v) is 4.29. The summed E-state index contributed by atoms with van der Waals surface area (Å²) in [6.07, 6.45) is 0. The Kier molecular flexibility index (Phi) is 2.12. The first kappa shape index (κ1) is 10.3. The summed E-state index contributed by atoms with van der Waals surface area (Å²) in [6.45, 7) is -2.33. The van der Waals surface area contributed by atoms with E-state index >= 15 is 0 Å². The first-order valence-electron chi connectivity index (χ1n) is 13.6. The number of rotatable bonds is 1. The van der Waals surface area contributed by atoms with E-state index in [-0.39, 0.29) is 11.3 Å². The number of fused-ring (bicyclic) bond motifs is 3. The number of para-hydroxylation sites is 1. The van der Waals surface area contributed by atoms with Crippen molar-refractivity contribution in [3.63, 3.8) is 0 Å². The lowest BCUT2D eigenvalue weighted by Crippen LogP contribution is -2.51. The molecule has 0 amide bonds. The van der Waals surface area contributed by atoms with Gasteiger partial charge in [0.1, 0.15) is 5.69 Å². The van der Waals surface area contributed by atoms with E-state index in [9.17, 15) is 0 Å². The molecule has 0 saturated heterocycles. The molecule has 4 rings (SSSR count). The molecule has 1 unspecified atom stereocenters. The van der Waals surface area contributed by atoms with Crippen LogP contribution in [0, 0.1) is 20.8 Å². The lowest BCUT2D eigenvalue weighted by Gasteiger charge is -2.46.